The van der Waals surface area contributed by atoms with Gasteiger partial charge in [-0.1, -0.05) is 34.1 Å². The normalized spacial score (nSPS) is 13.2. The molecule has 0 saturated heterocycles. The molecule has 0 spiro atoms. The van der Waals surface area contributed by atoms with E-state index in [-0.39, 0.29) is 4.47 Å². The van der Waals surface area contributed by atoms with Crippen LogP contribution in [-0.4, -0.2) is 0 Å². The van der Waals surface area contributed by atoms with Gasteiger partial charge in [0, 0.05) is 4.47 Å². The second-order valence-electron chi connectivity index (χ2n) is 4.39. The van der Waals surface area contributed by atoms with E-state index in [1.165, 1.54) is 30.3 Å². The Morgan fingerprint density at radius 1 is 1.05 bits per heavy atom. The minimum atomic E-state index is -4.49. The van der Waals surface area contributed by atoms with Crippen LogP contribution in [0.2, 0.25) is 0 Å². The molecule has 2 aromatic rings. The maximum atomic E-state index is 13.3. The summed E-state index contributed by atoms with van der Waals surface area (Å²) in [4.78, 5) is 0. The number of hydrogen-bond acceptors (Lipinski definition) is 2. The molecule has 0 bridgehead atoms. The number of halogens is 5. The highest BCUT2D eigenvalue weighted by Crippen LogP contribution is 2.37. The summed E-state index contributed by atoms with van der Waals surface area (Å²) < 4.78 is 52.0. The minimum absolute atomic E-state index is 0.0613. The van der Waals surface area contributed by atoms with E-state index in [1.54, 1.807) is 6.07 Å². The Labute approximate surface area is 127 Å². The highest BCUT2D eigenvalue weighted by Gasteiger charge is 2.33. The molecule has 0 aliphatic heterocycles. The zero-order chi connectivity index (χ0) is 15.6. The lowest BCUT2D eigenvalue weighted by Gasteiger charge is -2.19. The van der Waals surface area contributed by atoms with Crippen LogP contribution in [0.3, 0.4) is 0 Å². The molecule has 3 N–H and O–H groups in total. The first kappa shape index (κ1) is 15.9. The lowest BCUT2D eigenvalue weighted by atomic mass is 9.97. The van der Waals surface area contributed by atoms with Crippen LogP contribution >= 0.6 is 15.9 Å². The van der Waals surface area contributed by atoms with Crippen molar-refractivity contribution in [2.75, 3.05) is 0 Å². The highest BCUT2D eigenvalue weighted by molar-refractivity contribution is 9.10. The topological polar surface area (TPSA) is 38.0 Å². The number of benzene rings is 2. The van der Waals surface area contributed by atoms with Crippen LogP contribution in [0.15, 0.2) is 46.9 Å². The lowest BCUT2D eigenvalue weighted by Crippen LogP contribution is -2.29. The van der Waals surface area contributed by atoms with E-state index in [4.69, 9.17) is 5.84 Å². The molecule has 2 nitrogen and oxygen atoms in total. The molecule has 112 valence electrons. The Bertz CT molecular complexity index is 643. The van der Waals surface area contributed by atoms with Crippen molar-refractivity contribution in [3.05, 3.63) is 69.4 Å². The van der Waals surface area contributed by atoms with E-state index in [2.05, 4.69) is 21.4 Å². The molecule has 0 radical (unpaired) electrons. The molecule has 7 heteroatoms. The molecule has 2 rings (SSSR count). The van der Waals surface area contributed by atoms with E-state index in [0.29, 0.717) is 11.1 Å². The zero-order valence-electron chi connectivity index (χ0n) is 10.6. The summed E-state index contributed by atoms with van der Waals surface area (Å²) in [5, 5.41) is 0. The number of hydrogen-bond donors (Lipinski definition) is 2. The summed E-state index contributed by atoms with van der Waals surface area (Å²) in [5.74, 6) is 4.93. The molecule has 1 atom stereocenters. The first-order valence-corrected chi connectivity index (χ1v) is 6.70. The lowest BCUT2D eigenvalue weighted by molar-refractivity contribution is -0.138. The third kappa shape index (κ3) is 3.61. The number of hydrazine groups is 1. The van der Waals surface area contributed by atoms with Gasteiger partial charge in [-0.2, -0.15) is 13.2 Å². The molecule has 0 aliphatic rings. The predicted octanol–water partition coefficient (Wildman–Crippen LogP) is 4.16. The Morgan fingerprint density at radius 2 is 1.71 bits per heavy atom. The van der Waals surface area contributed by atoms with Gasteiger partial charge in [0.25, 0.3) is 0 Å². The van der Waals surface area contributed by atoms with Gasteiger partial charge in [-0.3, -0.25) is 5.84 Å². The van der Waals surface area contributed by atoms with Gasteiger partial charge in [0.1, 0.15) is 5.82 Å². The maximum absolute atomic E-state index is 13.3. The van der Waals surface area contributed by atoms with Crippen LogP contribution in [0, 0.1) is 5.82 Å². The van der Waals surface area contributed by atoms with Crippen molar-refractivity contribution in [3.8, 4) is 0 Å². The van der Waals surface area contributed by atoms with Crippen molar-refractivity contribution in [1.29, 1.82) is 0 Å². The van der Waals surface area contributed by atoms with Crippen LogP contribution < -0.4 is 11.3 Å². The van der Waals surface area contributed by atoms with Crippen LogP contribution in [-0.2, 0) is 6.18 Å². The van der Waals surface area contributed by atoms with E-state index >= 15 is 0 Å². The summed E-state index contributed by atoms with van der Waals surface area (Å²) in [6.45, 7) is 0. The Morgan fingerprint density at radius 3 is 2.29 bits per heavy atom. The largest absolute Gasteiger partial charge is 0.417 e. The summed E-state index contributed by atoms with van der Waals surface area (Å²) in [6, 6.07) is 8.56. The van der Waals surface area contributed by atoms with Gasteiger partial charge in [-0.15, -0.1) is 0 Å². The van der Waals surface area contributed by atoms with Crippen LogP contribution in [0.1, 0.15) is 22.7 Å². The van der Waals surface area contributed by atoms with Crippen molar-refractivity contribution in [3.63, 3.8) is 0 Å². The average molecular weight is 363 g/mol. The SMILES string of the molecule is NNC(c1cccc(F)c1)c1ccc(Br)c(C(F)(F)F)c1. The fourth-order valence-corrected chi connectivity index (χ4v) is 2.48. The quantitative estimate of drug-likeness (QED) is 0.488. The molecule has 0 aromatic heterocycles. The van der Waals surface area contributed by atoms with Gasteiger partial charge in [-0.25, -0.2) is 9.82 Å². The van der Waals surface area contributed by atoms with Crippen molar-refractivity contribution in [2.45, 2.75) is 12.2 Å². The molecule has 0 fully saturated rings. The maximum Gasteiger partial charge on any atom is 0.417 e. The highest BCUT2D eigenvalue weighted by atomic mass is 79.9. The Balaban J connectivity index is 2.49. The molecular formula is C14H11BrF4N2. The van der Waals surface area contributed by atoms with Gasteiger partial charge in [0.05, 0.1) is 11.6 Å². The number of alkyl halides is 3. The Hall–Kier alpha value is -1.44. The smallest absolute Gasteiger partial charge is 0.271 e. The van der Waals surface area contributed by atoms with Crippen molar-refractivity contribution >= 4 is 15.9 Å². The second-order valence-corrected chi connectivity index (χ2v) is 5.25. The molecule has 0 aliphatic carbocycles. The van der Waals surface area contributed by atoms with Crippen molar-refractivity contribution < 1.29 is 17.6 Å². The third-order valence-electron chi connectivity index (χ3n) is 2.98. The molecule has 1 unspecified atom stereocenters. The second kappa shape index (κ2) is 6.13. The monoisotopic (exact) mass is 362 g/mol. The predicted molar refractivity (Wildman–Crippen MR) is 74.7 cm³/mol. The summed E-state index contributed by atoms with van der Waals surface area (Å²) >= 11 is 2.87. The molecular weight excluding hydrogens is 352 g/mol. The van der Waals surface area contributed by atoms with Crippen molar-refractivity contribution in [2.24, 2.45) is 5.84 Å². The Kier molecular flexibility index (Phi) is 4.65. The van der Waals surface area contributed by atoms with Crippen molar-refractivity contribution in [1.82, 2.24) is 5.43 Å². The minimum Gasteiger partial charge on any atom is -0.271 e. The van der Waals surface area contributed by atoms with Gasteiger partial charge in [0.2, 0.25) is 0 Å². The molecule has 0 saturated carbocycles. The van der Waals surface area contributed by atoms with Gasteiger partial charge in [-0.05, 0) is 35.4 Å². The van der Waals surface area contributed by atoms with Gasteiger partial charge in [0.15, 0.2) is 0 Å². The summed E-state index contributed by atoms with van der Waals surface area (Å²) in [6.07, 6.45) is -4.49. The molecule has 0 amide bonds. The number of rotatable bonds is 3. The van der Waals surface area contributed by atoms with E-state index in [1.807, 2.05) is 0 Å². The van der Waals surface area contributed by atoms with Gasteiger partial charge >= 0.3 is 6.18 Å². The standard InChI is InChI=1S/C14H11BrF4N2/c15-12-5-4-9(7-11(12)14(17,18)19)13(21-20)8-2-1-3-10(16)6-8/h1-7,13,21H,20H2. The molecule has 0 heterocycles. The van der Waals surface area contributed by atoms with Crippen LogP contribution in [0.25, 0.3) is 0 Å². The first-order valence-electron chi connectivity index (χ1n) is 5.91. The average Bonchev–Trinajstić information content (AvgIpc) is 2.40. The fraction of sp³-hybridized carbons (Fsp3) is 0.143. The van der Waals surface area contributed by atoms with Crippen LogP contribution in [0.4, 0.5) is 17.6 Å². The molecule has 21 heavy (non-hydrogen) atoms. The summed E-state index contributed by atoms with van der Waals surface area (Å²) in [7, 11) is 0. The first-order chi connectivity index (χ1) is 9.82. The fourth-order valence-electron chi connectivity index (χ4n) is 2.01. The zero-order valence-corrected chi connectivity index (χ0v) is 12.2. The molecule has 2 aromatic carbocycles. The third-order valence-corrected chi connectivity index (χ3v) is 3.67. The number of nitrogens with one attached hydrogen (secondary N) is 1. The van der Waals surface area contributed by atoms with E-state index in [0.717, 1.165) is 6.07 Å². The number of nitrogens with two attached hydrogens (primary N) is 1. The van der Waals surface area contributed by atoms with Gasteiger partial charge < -0.3 is 0 Å². The van der Waals surface area contributed by atoms with Crippen LogP contribution in [0.5, 0.6) is 0 Å². The van der Waals surface area contributed by atoms with E-state index < -0.39 is 23.6 Å². The van der Waals surface area contributed by atoms with E-state index in [9.17, 15) is 17.6 Å². The summed E-state index contributed by atoms with van der Waals surface area (Å²) in [5.41, 5.74) is 2.33.